The molecule has 0 radical (unpaired) electrons. The summed E-state index contributed by atoms with van der Waals surface area (Å²) in [5, 5.41) is 3.62. The lowest BCUT2D eigenvalue weighted by Crippen LogP contribution is -2.42. The first-order valence-corrected chi connectivity index (χ1v) is 7.47. The van der Waals surface area contributed by atoms with Gasteiger partial charge in [0, 0.05) is 18.6 Å². The van der Waals surface area contributed by atoms with Gasteiger partial charge in [0.25, 0.3) is 0 Å². The third-order valence-electron chi connectivity index (χ3n) is 4.52. The lowest BCUT2D eigenvalue weighted by atomic mass is 9.90. The molecule has 1 amide bonds. The van der Waals surface area contributed by atoms with Gasteiger partial charge < -0.3 is 11.1 Å². The van der Waals surface area contributed by atoms with Crippen LogP contribution in [0.4, 0.5) is 0 Å². The zero-order valence-corrected chi connectivity index (χ0v) is 11.5. The molecular formula is C14H27N3O. The third kappa shape index (κ3) is 3.45. The smallest absolute Gasteiger partial charge is 0.221 e. The third-order valence-corrected chi connectivity index (χ3v) is 4.52. The maximum Gasteiger partial charge on any atom is 0.221 e. The summed E-state index contributed by atoms with van der Waals surface area (Å²) in [6.45, 7) is 5.31. The van der Waals surface area contributed by atoms with Crippen molar-refractivity contribution in [2.45, 2.75) is 57.5 Å². The van der Waals surface area contributed by atoms with E-state index < -0.39 is 0 Å². The first-order chi connectivity index (χ1) is 8.70. The molecule has 1 unspecified atom stereocenters. The molecule has 0 aromatic rings. The second kappa shape index (κ2) is 6.53. The van der Waals surface area contributed by atoms with Crippen molar-refractivity contribution in [3.05, 3.63) is 0 Å². The molecule has 4 nitrogen and oxygen atoms in total. The minimum atomic E-state index is -0.115. The molecule has 2 aliphatic rings. The molecule has 1 saturated heterocycles. The molecule has 1 atom stereocenters. The largest absolute Gasteiger partial charge is 0.369 e. The quantitative estimate of drug-likeness (QED) is 0.771. The maximum atomic E-state index is 11.2. The van der Waals surface area contributed by atoms with Gasteiger partial charge in [-0.1, -0.05) is 6.92 Å². The van der Waals surface area contributed by atoms with Gasteiger partial charge in [0.1, 0.15) is 0 Å². The fraction of sp³-hybridized carbons (Fsp3) is 0.929. The molecule has 1 saturated carbocycles. The molecule has 1 aliphatic carbocycles. The van der Waals surface area contributed by atoms with Crippen LogP contribution in [0.2, 0.25) is 0 Å². The van der Waals surface area contributed by atoms with Crippen molar-refractivity contribution in [2.24, 2.45) is 11.7 Å². The van der Waals surface area contributed by atoms with Crippen LogP contribution in [0.25, 0.3) is 0 Å². The molecule has 2 fully saturated rings. The SMILES string of the molecule is CCCNC1CCC(N2CCC(C(N)=O)C2)CC1. The Hall–Kier alpha value is -0.610. The van der Waals surface area contributed by atoms with E-state index in [0.29, 0.717) is 6.04 Å². The first-order valence-electron chi connectivity index (χ1n) is 7.47. The Bertz CT molecular complexity index is 274. The number of hydrogen-bond donors (Lipinski definition) is 2. The number of amides is 1. The Kier molecular flexibility index (Phi) is 5.01. The van der Waals surface area contributed by atoms with Crippen molar-refractivity contribution in [3.63, 3.8) is 0 Å². The van der Waals surface area contributed by atoms with Crippen LogP contribution in [0.5, 0.6) is 0 Å². The number of nitrogens with zero attached hydrogens (tertiary/aromatic N) is 1. The van der Waals surface area contributed by atoms with E-state index in [2.05, 4.69) is 17.1 Å². The number of nitrogens with two attached hydrogens (primary N) is 1. The number of hydrogen-bond acceptors (Lipinski definition) is 3. The Labute approximate surface area is 110 Å². The van der Waals surface area contributed by atoms with E-state index >= 15 is 0 Å². The number of rotatable bonds is 5. The minimum absolute atomic E-state index is 0.0981. The van der Waals surface area contributed by atoms with Gasteiger partial charge in [-0.2, -0.15) is 0 Å². The van der Waals surface area contributed by atoms with E-state index in [4.69, 9.17) is 5.73 Å². The van der Waals surface area contributed by atoms with Crippen molar-refractivity contribution in [3.8, 4) is 0 Å². The van der Waals surface area contributed by atoms with E-state index in [1.54, 1.807) is 0 Å². The number of primary amides is 1. The van der Waals surface area contributed by atoms with Gasteiger partial charge in [-0.05, 0) is 51.6 Å². The zero-order valence-electron chi connectivity index (χ0n) is 11.5. The van der Waals surface area contributed by atoms with E-state index in [9.17, 15) is 4.79 Å². The fourth-order valence-corrected chi connectivity index (χ4v) is 3.34. The van der Waals surface area contributed by atoms with Crippen molar-refractivity contribution in [1.29, 1.82) is 0 Å². The summed E-state index contributed by atoms with van der Waals surface area (Å²) in [7, 11) is 0. The highest BCUT2D eigenvalue weighted by Crippen LogP contribution is 2.27. The lowest BCUT2D eigenvalue weighted by Gasteiger charge is -2.35. The summed E-state index contributed by atoms with van der Waals surface area (Å²) < 4.78 is 0. The molecule has 0 aromatic heterocycles. The number of nitrogens with one attached hydrogen (secondary N) is 1. The van der Waals surface area contributed by atoms with Crippen molar-refractivity contribution in [2.75, 3.05) is 19.6 Å². The molecule has 0 spiro atoms. The van der Waals surface area contributed by atoms with Crippen molar-refractivity contribution >= 4 is 5.91 Å². The Morgan fingerprint density at radius 3 is 2.56 bits per heavy atom. The van der Waals surface area contributed by atoms with Gasteiger partial charge >= 0.3 is 0 Å². The van der Waals surface area contributed by atoms with E-state index in [1.165, 1.54) is 32.1 Å². The van der Waals surface area contributed by atoms with Crippen LogP contribution >= 0.6 is 0 Å². The molecule has 0 bridgehead atoms. The number of carbonyl (C=O) groups is 1. The van der Waals surface area contributed by atoms with Gasteiger partial charge in [0.15, 0.2) is 0 Å². The van der Waals surface area contributed by atoms with Crippen LogP contribution in [0.3, 0.4) is 0 Å². The summed E-state index contributed by atoms with van der Waals surface area (Å²) in [4.78, 5) is 13.7. The summed E-state index contributed by atoms with van der Waals surface area (Å²) in [6.07, 6.45) is 7.28. The van der Waals surface area contributed by atoms with Crippen LogP contribution in [0, 0.1) is 5.92 Å². The lowest BCUT2D eigenvalue weighted by molar-refractivity contribution is -0.121. The highest BCUT2D eigenvalue weighted by Gasteiger charge is 2.32. The molecule has 18 heavy (non-hydrogen) atoms. The summed E-state index contributed by atoms with van der Waals surface area (Å²) >= 11 is 0. The normalized spacial score (nSPS) is 33.7. The van der Waals surface area contributed by atoms with Crippen LogP contribution in [-0.4, -0.2) is 42.5 Å². The second-order valence-electron chi connectivity index (χ2n) is 5.84. The molecule has 3 N–H and O–H groups in total. The zero-order chi connectivity index (χ0) is 13.0. The summed E-state index contributed by atoms with van der Waals surface area (Å²) in [5.41, 5.74) is 5.39. The van der Waals surface area contributed by atoms with Gasteiger partial charge in [-0.15, -0.1) is 0 Å². The second-order valence-corrected chi connectivity index (χ2v) is 5.84. The summed E-state index contributed by atoms with van der Waals surface area (Å²) in [5.74, 6) is -0.0169. The topological polar surface area (TPSA) is 58.4 Å². The van der Waals surface area contributed by atoms with Gasteiger partial charge in [-0.3, -0.25) is 9.69 Å². The van der Waals surface area contributed by atoms with Crippen LogP contribution in [-0.2, 0) is 4.79 Å². The number of likely N-dealkylation sites (tertiary alicyclic amines) is 1. The fourth-order valence-electron chi connectivity index (χ4n) is 3.34. The monoisotopic (exact) mass is 253 g/mol. The van der Waals surface area contributed by atoms with Crippen LogP contribution in [0.15, 0.2) is 0 Å². The van der Waals surface area contributed by atoms with Crippen LogP contribution in [0.1, 0.15) is 45.4 Å². The maximum absolute atomic E-state index is 11.2. The average Bonchev–Trinajstić information content (AvgIpc) is 2.87. The Morgan fingerprint density at radius 1 is 1.28 bits per heavy atom. The van der Waals surface area contributed by atoms with E-state index in [1.807, 2.05) is 0 Å². The van der Waals surface area contributed by atoms with E-state index in [-0.39, 0.29) is 11.8 Å². The highest BCUT2D eigenvalue weighted by atomic mass is 16.1. The van der Waals surface area contributed by atoms with Crippen LogP contribution < -0.4 is 11.1 Å². The van der Waals surface area contributed by atoms with Crippen molar-refractivity contribution in [1.82, 2.24) is 10.2 Å². The minimum Gasteiger partial charge on any atom is -0.369 e. The molecule has 1 heterocycles. The molecular weight excluding hydrogens is 226 g/mol. The molecule has 4 heteroatoms. The standard InChI is InChI=1S/C14H27N3O/c1-2-8-16-12-3-5-13(6-4-12)17-9-7-11(10-17)14(15)18/h11-13,16H,2-10H2,1H3,(H2,15,18). The first kappa shape index (κ1) is 13.8. The summed E-state index contributed by atoms with van der Waals surface area (Å²) in [6, 6.07) is 1.41. The van der Waals surface area contributed by atoms with E-state index in [0.717, 1.165) is 32.1 Å². The Morgan fingerprint density at radius 2 is 2.00 bits per heavy atom. The Balaban J connectivity index is 1.72. The molecule has 104 valence electrons. The molecule has 1 aliphatic heterocycles. The molecule has 0 aromatic carbocycles. The van der Waals surface area contributed by atoms with Crippen molar-refractivity contribution < 1.29 is 4.79 Å². The molecule has 2 rings (SSSR count). The predicted molar refractivity (Wildman–Crippen MR) is 73.2 cm³/mol. The predicted octanol–water partition coefficient (Wildman–Crippen LogP) is 1.10. The van der Waals surface area contributed by atoms with Gasteiger partial charge in [0.2, 0.25) is 5.91 Å². The van der Waals surface area contributed by atoms with Gasteiger partial charge in [-0.25, -0.2) is 0 Å². The number of carbonyl (C=O) groups excluding carboxylic acids is 1. The highest BCUT2D eigenvalue weighted by molar-refractivity contribution is 5.77. The average molecular weight is 253 g/mol. The van der Waals surface area contributed by atoms with Gasteiger partial charge in [0.05, 0.1) is 5.92 Å².